The maximum Gasteiger partial charge on any atom is 0.326 e. The van der Waals surface area contributed by atoms with E-state index in [2.05, 4.69) is 67.5 Å². The van der Waals surface area contributed by atoms with E-state index in [1.807, 2.05) is 0 Å². The van der Waals surface area contributed by atoms with Crippen LogP contribution in [0.1, 0.15) is 110 Å². The summed E-state index contributed by atoms with van der Waals surface area (Å²) in [5.74, 6) is -12.4. The van der Waals surface area contributed by atoms with Gasteiger partial charge in [-0.15, -0.1) is 0 Å². The SMILES string of the molecule is CC[C@H](C)[C@H](NC(=O)[C@H](Cc1ccc(O)cc1)NC(=O)[C@@H](NC(=O)[C@H](CCCN=C(N)N)NC(=O)[C@@H](N)CC(=O)O)C(C)C)C(=O)N[C@@H](Cc1cnc[nH]1)C(=O)N1CCC[C@H]1C(=O)N[C@H](C(=O)N[C@@H](Cc1cnc[nH]1)C(=O)N[C@@H](CC(C)C)C(=O)O)[C@@H](C)O. The Bertz CT molecular complexity index is 2900. The van der Waals surface area contributed by atoms with Gasteiger partial charge in [-0.1, -0.05) is 60.1 Å². The van der Waals surface area contributed by atoms with Crippen LogP contribution in [0.4, 0.5) is 0 Å². The number of nitrogens with zero attached hydrogens (tertiary/aromatic N) is 4. The van der Waals surface area contributed by atoms with Gasteiger partial charge in [0.05, 0.1) is 31.2 Å². The molecule has 1 aliphatic heterocycles. The summed E-state index contributed by atoms with van der Waals surface area (Å²) in [4.78, 5) is 170. The zero-order valence-corrected chi connectivity index (χ0v) is 51.0. The third kappa shape index (κ3) is 23.1. The Morgan fingerprint density at radius 1 is 0.663 bits per heavy atom. The number of aromatic hydroxyl groups is 1. The van der Waals surface area contributed by atoms with E-state index in [4.69, 9.17) is 17.2 Å². The molecule has 0 saturated carbocycles. The fraction of sp³-hybridized carbons (Fsp3) is 0.579. The number of phenolic OH excluding ortho intramolecular Hbond substituents is 1. The predicted octanol–water partition coefficient (Wildman–Crippen LogP) is -3.20. The van der Waals surface area contributed by atoms with E-state index in [0.29, 0.717) is 23.4 Å². The van der Waals surface area contributed by atoms with Crippen molar-refractivity contribution in [2.24, 2.45) is 39.9 Å². The number of imidazole rings is 2. The lowest BCUT2D eigenvalue weighted by Crippen LogP contribution is -2.62. The van der Waals surface area contributed by atoms with Gasteiger partial charge in [-0.2, -0.15) is 0 Å². The number of carbonyl (C=O) groups excluding carboxylic acids is 9. The summed E-state index contributed by atoms with van der Waals surface area (Å²) in [7, 11) is 0. The zero-order valence-electron chi connectivity index (χ0n) is 51.0. The molecular weight excluding hydrogens is 1160 g/mol. The smallest absolute Gasteiger partial charge is 0.326 e. The van der Waals surface area contributed by atoms with Crippen molar-refractivity contribution in [1.82, 2.24) is 67.4 Å². The van der Waals surface area contributed by atoms with Gasteiger partial charge in [-0.05, 0) is 74.5 Å². The summed E-state index contributed by atoms with van der Waals surface area (Å²) in [6.07, 6.45) is 3.35. The highest BCUT2D eigenvalue weighted by molar-refractivity contribution is 5.99. The van der Waals surface area contributed by atoms with Gasteiger partial charge in [-0.25, -0.2) is 14.8 Å². The largest absolute Gasteiger partial charge is 0.508 e. The molecule has 89 heavy (non-hydrogen) atoms. The number of aliphatic carboxylic acids is 2. The number of nitrogens with one attached hydrogen (secondary N) is 10. The van der Waals surface area contributed by atoms with E-state index >= 15 is 0 Å². The third-order valence-electron chi connectivity index (χ3n) is 14.8. The molecule has 12 atom stereocenters. The van der Waals surface area contributed by atoms with E-state index in [-0.39, 0.29) is 82.1 Å². The number of aromatic amines is 2. The lowest BCUT2D eigenvalue weighted by atomic mass is 9.96. The number of likely N-dealkylation sites (tertiary alicyclic amines) is 1. The van der Waals surface area contributed by atoms with Crippen molar-refractivity contribution in [2.45, 2.75) is 179 Å². The number of guanidine groups is 1. The standard InChI is InChI=1S/C57H87N17O15/c1-8-30(6)45(72-50(82)38(20-32-13-15-35(76)16-14-32)67-52(84)44(29(4)5)71-48(80)37(11-9-17-63-57(59)60)66-47(79)36(58)23-43(77)78)53(85)69-40(22-34-25-62-27-65-34)55(87)74-18-10-12-42(74)51(83)73-46(31(7)75)54(86)68-39(21-33-24-61-26-64-33)49(81)70-41(56(88)89)19-28(2)3/h13-16,24-31,36-42,44-46,75-76H,8-12,17-23,58H2,1-7H3,(H,61,64)(H,62,65)(H,66,79)(H,67,84)(H,68,86)(H,69,85)(H,70,81)(H,71,80)(H,72,82)(H,73,83)(H,77,78)(H,88,89)(H4,59,60,63)/t30-,31+,36-,37-,38-,39-,40-,41-,42-,44-,45-,46-/m0/s1. The Balaban J connectivity index is 1.60. The molecule has 32 nitrogen and oxygen atoms in total. The van der Waals surface area contributed by atoms with Gasteiger partial charge in [0.1, 0.15) is 60.1 Å². The Labute approximate surface area is 514 Å². The van der Waals surface area contributed by atoms with Gasteiger partial charge in [-0.3, -0.25) is 52.9 Å². The molecule has 4 rings (SSSR count). The number of benzene rings is 1. The van der Waals surface area contributed by atoms with Crippen molar-refractivity contribution in [1.29, 1.82) is 0 Å². The van der Waals surface area contributed by atoms with Crippen LogP contribution < -0.4 is 59.7 Å². The summed E-state index contributed by atoms with van der Waals surface area (Å²) in [6.45, 7) is 11.4. The number of aliphatic hydroxyl groups is 1. The van der Waals surface area contributed by atoms with E-state index in [9.17, 15) is 73.2 Å². The van der Waals surface area contributed by atoms with Crippen molar-refractivity contribution < 1.29 is 73.2 Å². The number of rotatable bonds is 36. The lowest BCUT2D eigenvalue weighted by Gasteiger charge is -2.32. The summed E-state index contributed by atoms with van der Waals surface area (Å²) < 4.78 is 0. The fourth-order valence-corrected chi connectivity index (χ4v) is 9.70. The highest BCUT2D eigenvalue weighted by atomic mass is 16.4. The van der Waals surface area contributed by atoms with Gasteiger partial charge >= 0.3 is 11.9 Å². The molecule has 0 aliphatic carbocycles. The first-order valence-electron chi connectivity index (χ1n) is 29.4. The molecule has 20 N–H and O–H groups in total. The van der Waals surface area contributed by atoms with Crippen LogP contribution in [0, 0.1) is 17.8 Å². The number of aliphatic imine (C=N–C) groups is 1. The molecule has 3 aromatic rings. The minimum absolute atomic E-state index is 0.00300. The number of nitrogens with two attached hydrogens (primary N) is 3. The first kappa shape index (κ1) is 72.3. The second kappa shape index (κ2) is 35.0. The van der Waals surface area contributed by atoms with E-state index < -0.39 is 150 Å². The fourth-order valence-electron chi connectivity index (χ4n) is 9.70. The van der Waals surface area contributed by atoms with E-state index in [1.54, 1.807) is 41.5 Å². The number of hydrogen-bond acceptors (Lipinski definition) is 17. The van der Waals surface area contributed by atoms with Gasteiger partial charge in [0.25, 0.3) is 0 Å². The first-order chi connectivity index (χ1) is 42.0. The van der Waals surface area contributed by atoms with Gasteiger partial charge in [0, 0.05) is 56.1 Å². The number of aromatic nitrogens is 4. The average molecular weight is 1250 g/mol. The van der Waals surface area contributed by atoms with Crippen LogP contribution in [0.3, 0.4) is 0 Å². The molecule has 0 spiro atoms. The number of carbonyl (C=O) groups is 11. The average Bonchev–Trinajstić information content (AvgIpc) is 3.21. The Morgan fingerprint density at radius 3 is 1.71 bits per heavy atom. The first-order valence-corrected chi connectivity index (χ1v) is 29.4. The van der Waals surface area contributed by atoms with Gasteiger partial charge in [0.2, 0.25) is 53.2 Å². The molecular formula is C57H87N17O15. The van der Waals surface area contributed by atoms with E-state index in [0.717, 1.165) is 0 Å². The second-order valence-electron chi connectivity index (χ2n) is 22.9. The maximum atomic E-state index is 14.9. The molecule has 490 valence electrons. The number of H-pyrrole nitrogens is 2. The highest BCUT2D eigenvalue weighted by Gasteiger charge is 2.42. The van der Waals surface area contributed by atoms with E-state index in [1.165, 1.54) is 61.1 Å². The number of aliphatic hydroxyl groups excluding tert-OH is 1. The molecule has 1 aromatic carbocycles. The molecule has 2 aromatic heterocycles. The topological polar surface area (TPSA) is 516 Å². The summed E-state index contributed by atoms with van der Waals surface area (Å²) in [5, 5.41) is 60.8. The second-order valence-corrected chi connectivity index (χ2v) is 22.9. The van der Waals surface area contributed by atoms with Crippen molar-refractivity contribution >= 4 is 71.1 Å². The molecule has 0 bridgehead atoms. The molecule has 9 amide bonds. The van der Waals surface area contributed by atoms with Crippen LogP contribution in [0.5, 0.6) is 5.75 Å². The number of carboxylic acids is 2. The normalized spacial score (nSPS) is 16.7. The number of hydrogen-bond donors (Lipinski definition) is 17. The Hall–Kier alpha value is -9.20. The highest BCUT2D eigenvalue weighted by Crippen LogP contribution is 2.22. The van der Waals surface area contributed by atoms with Crippen LogP contribution in [0.25, 0.3) is 0 Å². The van der Waals surface area contributed by atoms with Gasteiger partial charge in [0.15, 0.2) is 5.96 Å². The predicted molar refractivity (Wildman–Crippen MR) is 320 cm³/mol. The summed E-state index contributed by atoms with van der Waals surface area (Å²) in [5.41, 5.74) is 17.9. The Kier molecular flexibility index (Phi) is 28.4. The molecule has 1 saturated heterocycles. The molecule has 3 heterocycles. The number of amides is 9. The third-order valence-corrected chi connectivity index (χ3v) is 14.8. The number of carboxylic acid groups (broad SMARTS) is 2. The number of phenols is 1. The van der Waals surface area contributed by atoms with Crippen molar-refractivity contribution in [3.8, 4) is 5.75 Å². The van der Waals surface area contributed by atoms with Crippen molar-refractivity contribution in [2.75, 3.05) is 13.1 Å². The molecule has 0 radical (unpaired) electrons. The van der Waals surface area contributed by atoms with Gasteiger partial charge < -0.3 is 95.0 Å². The lowest BCUT2D eigenvalue weighted by molar-refractivity contribution is -0.143. The monoisotopic (exact) mass is 1250 g/mol. The molecule has 1 aliphatic rings. The van der Waals surface area contributed by atoms with Crippen molar-refractivity contribution in [3.05, 3.63) is 66.3 Å². The maximum absolute atomic E-state index is 14.9. The summed E-state index contributed by atoms with van der Waals surface area (Å²) >= 11 is 0. The van der Waals surface area contributed by atoms with Crippen LogP contribution in [-0.2, 0) is 72.0 Å². The molecule has 1 fully saturated rings. The van der Waals surface area contributed by atoms with Crippen molar-refractivity contribution in [3.63, 3.8) is 0 Å². The van der Waals surface area contributed by atoms with Crippen LogP contribution in [0.2, 0.25) is 0 Å². The minimum atomic E-state index is -1.70. The Morgan fingerprint density at radius 2 is 1.18 bits per heavy atom. The van der Waals surface area contributed by atoms with Crippen LogP contribution in [0.15, 0.2) is 54.3 Å². The molecule has 0 unspecified atom stereocenters. The zero-order chi connectivity index (χ0) is 66.2. The van der Waals surface area contributed by atoms with Crippen LogP contribution >= 0.6 is 0 Å². The van der Waals surface area contributed by atoms with Crippen LogP contribution in [-0.4, -0.2) is 196 Å². The quantitative estimate of drug-likeness (QED) is 0.0155. The minimum Gasteiger partial charge on any atom is -0.508 e. The molecule has 32 heteroatoms. The summed E-state index contributed by atoms with van der Waals surface area (Å²) in [6, 6.07) is -8.57.